The minimum absolute atomic E-state index is 0.116. The van der Waals surface area contributed by atoms with Crippen LogP contribution in [0.3, 0.4) is 0 Å². The van der Waals surface area contributed by atoms with Crippen molar-refractivity contribution in [2.75, 3.05) is 25.5 Å². The van der Waals surface area contributed by atoms with Gasteiger partial charge in [-0.3, -0.25) is 9.78 Å². The van der Waals surface area contributed by atoms with Crippen LogP contribution >= 0.6 is 0 Å². The lowest BCUT2D eigenvalue weighted by Gasteiger charge is -2.33. The number of carbonyl (C=O) groups excluding carboxylic acids is 1. The molecule has 1 amide bonds. The lowest BCUT2D eigenvalue weighted by atomic mass is 9.82. The zero-order chi connectivity index (χ0) is 13.0. The number of ether oxygens (including phenoxy) is 1. The summed E-state index contributed by atoms with van der Waals surface area (Å²) < 4.78 is 5.33. The summed E-state index contributed by atoms with van der Waals surface area (Å²) in [5.41, 5.74) is 6.75. The van der Waals surface area contributed by atoms with Crippen molar-refractivity contribution in [1.29, 1.82) is 0 Å². The first-order chi connectivity index (χ1) is 8.61. The molecule has 2 heterocycles. The zero-order valence-electron chi connectivity index (χ0n) is 10.6. The van der Waals surface area contributed by atoms with E-state index >= 15 is 0 Å². The van der Waals surface area contributed by atoms with Crippen LogP contribution in [0.4, 0.5) is 5.69 Å². The van der Waals surface area contributed by atoms with Crippen LogP contribution in [-0.4, -0.2) is 30.6 Å². The smallest absolute Gasteiger partial charge is 0.254 e. The molecule has 0 bridgehead atoms. The molecule has 5 nitrogen and oxygen atoms in total. The Hall–Kier alpha value is -1.62. The van der Waals surface area contributed by atoms with Crippen molar-refractivity contribution in [2.45, 2.75) is 19.8 Å². The molecule has 0 spiro atoms. The van der Waals surface area contributed by atoms with Gasteiger partial charge in [-0.15, -0.1) is 0 Å². The fourth-order valence-electron chi connectivity index (χ4n) is 2.02. The number of pyridine rings is 1. The summed E-state index contributed by atoms with van der Waals surface area (Å²) in [5, 5.41) is 2.94. The van der Waals surface area contributed by atoms with E-state index in [4.69, 9.17) is 10.5 Å². The molecule has 1 aliphatic heterocycles. The summed E-state index contributed by atoms with van der Waals surface area (Å²) in [6.07, 6.45) is 5.01. The van der Waals surface area contributed by atoms with Crippen molar-refractivity contribution >= 4 is 11.6 Å². The standard InChI is InChI=1S/C13H19N3O2/c1-13(3-6-18-7-4-13)9-16-12(17)10-8-15-5-2-11(10)14/h2,5,8H,3-4,6-7,9H2,1H3,(H2,14,15)(H,16,17). The van der Waals surface area contributed by atoms with Crippen LogP contribution in [0, 0.1) is 5.41 Å². The highest BCUT2D eigenvalue weighted by atomic mass is 16.5. The average molecular weight is 249 g/mol. The Morgan fingerprint density at radius 2 is 2.28 bits per heavy atom. The van der Waals surface area contributed by atoms with Crippen molar-refractivity contribution in [3.63, 3.8) is 0 Å². The molecule has 0 saturated carbocycles. The van der Waals surface area contributed by atoms with Crippen molar-refractivity contribution < 1.29 is 9.53 Å². The Balaban J connectivity index is 1.94. The number of rotatable bonds is 3. The summed E-state index contributed by atoms with van der Waals surface area (Å²) in [6.45, 7) is 4.34. The summed E-state index contributed by atoms with van der Waals surface area (Å²) >= 11 is 0. The molecular weight excluding hydrogens is 230 g/mol. The molecule has 2 rings (SSSR count). The third-order valence-electron chi connectivity index (χ3n) is 3.48. The number of nitrogens with one attached hydrogen (secondary N) is 1. The maximum Gasteiger partial charge on any atom is 0.254 e. The van der Waals surface area contributed by atoms with Gasteiger partial charge in [0.1, 0.15) is 0 Å². The molecule has 0 unspecified atom stereocenters. The van der Waals surface area contributed by atoms with Gasteiger partial charge in [0.15, 0.2) is 0 Å². The number of aromatic nitrogens is 1. The predicted octanol–water partition coefficient (Wildman–Crippen LogP) is 1.21. The molecule has 1 saturated heterocycles. The molecule has 0 aromatic carbocycles. The van der Waals surface area contributed by atoms with Crippen molar-refractivity contribution in [3.8, 4) is 0 Å². The van der Waals surface area contributed by atoms with Crippen molar-refractivity contribution in [2.24, 2.45) is 5.41 Å². The zero-order valence-corrected chi connectivity index (χ0v) is 10.6. The monoisotopic (exact) mass is 249 g/mol. The Labute approximate surface area is 107 Å². The Bertz CT molecular complexity index is 428. The number of carbonyl (C=O) groups is 1. The fourth-order valence-corrected chi connectivity index (χ4v) is 2.02. The second-order valence-corrected chi connectivity index (χ2v) is 5.07. The van der Waals surface area contributed by atoms with E-state index in [2.05, 4.69) is 17.2 Å². The van der Waals surface area contributed by atoms with Crippen LogP contribution in [0.1, 0.15) is 30.1 Å². The third-order valence-corrected chi connectivity index (χ3v) is 3.48. The van der Waals surface area contributed by atoms with Crippen molar-refractivity contribution in [3.05, 3.63) is 24.0 Å². The molecule has 18 heavy (non-hydrogen) atoms. The topological polar surface area (TPSA) is 77.2 Å². The number of amides is 1. The molecule has 0 radical (unpaired) electrons. The van der Waals surface area contributed by atoms with Gasteiger partial charge in [-0.2, -0.15) is 0 Å². The van der Waals surface area contributed by atoms with E-state index in [1.54, 1.807) is 12.3 Å². The quantitative estimate of drug-likeness (QED) is 0.844. The Morgan fingerprint density at radius 3 is 2.94 bits per heavy atom. The average Bonchev–Trinajstić information content (AvgIpc) is 2.38. The summed E-state index contributed by atoms with van der Waals surface area (Å²) in [7, 11) is 0. The first kappa shape index (κ1) is 12.8. The van der Waals surface area contributed by atoms with Crippen LogP contribution in [0.15, 0.2) is 18.5 Å². The molecule has 98 valence electrons. The molecule has 0 aliphatic carbocycles. The number of hydrogen-bond acceptors (Lipinski definition) is 4. The van der Waals surface area contributed by atoms with Crippen LogP contribution in [0.2, 0.25) is 0 Å². The Morgan fingerprint density at radius 1 is 1.56 bits per heavy atom. The lowest BCUT2D eigenvalue weighted by Crippen LogP contribution is -2.39. The molecule has 5 heteroatoms. The Kier molecular flexibility index (Phi) is 3.81. The second kappa shape index (κ2) is 5.35. The SMILES string of the molecule is CC1(CNC(=O)c2cnccc2N)CCOCC1. The van der Waals surface area contributed by atoms with Crippen LogP contribution < -0.4 is 11.1 Å². The first-order valence-electron chi connectivity index (χ1n) is 6.16. The van der Waals surface area contributed by atoms with Gasteiger partial charge in [0.05, 0.1) is 5.56 Å². The summed E-state index contributed by atoms with van der Waals surface area (Å²) in [4.78, 5) is 15.9. The highest BCUT2D eigenvalue weighted by molar-refractivity contribution is 5.98. The molecule has 1 aromatic rings. The number of hydrogen-bond donors (Lipinski definition) is 2. The maximum absolute atomic E-state index is 12.0. The van der Waals surface area contributed by atoms with Crippen LogP contribution in [-0.2, 0) is 4.74 Å². The minimum Gasteiger partial charge on any atom is -0.398 e. The van der Waals surface area contributed by atoms with Gasteiger partial charge in [0, 0.05) is 37.8 Å². The molecule has 3 N–H and O–H groups in total. The number of nitrogens with zero attached hydrogens (tertiary/aromatic N) is 1. The van der Waals surface area contributed by atoms with Gasteiger partial charge in [0.25, 0.3) is 5.91 Å². The second-order valence-electron chi connectivity index (χ2n) is 5.07. The van der Waals surface area contributed by atoms with E-state index in [1.165, 1.54) is 6.20 Å². The number of nitrogens with two attached hydrogens (primary N) is 1. The predicted molar refractivity (Wildman–Crippen MR) is 69.1 cm³/mol. The maximum atomic E-state index is 12.0. The highest BCUT2D eigenvalue weighted by Gasteiger charge is 2.28. The summed E-state index contributed by atoms with van der Waals surface area (Å²) in [6, 6.07) is 1.63. The molecule has 1 aliphatic rings. The van der Waals surface area contributed by atoms with E-state index < -0.39 is 0 Å². The summed E-state index contributed by atoms with van der Waals surface area (Å²) in [5.74, 6) is -0.159. The van der Waals surface area contributed by atoms with Gasteiger partial charge < -0.3 is 15.8 Å². The minimum atomic E-state index is -0.159. The third kappa shape index (κ3) is 2.98. The molecule has 1 aromatic heterocycles. The number of anilines is 1. The molecule has 1 fully saturated rings. The lowest BCUT2D eigenvalue weighted by molar-refractivity contribution is 0.0238. The van der Waals surface area contributed by atoms with Crippen LogP contribution in [0.25, 0.3) is 0 Å². The van der Waals surface area contributed by atoms with Crippen molar-refractivity contribution in [1.82, 2.24) is 10.3 Å². The van der Waals surface area contributed by atoms with Gasteiger partial charge >= 0.3 is 0 Å². The fraction of sp³-hybridized carbons (Fsp3) is 0.538. The van der Waals surface area contributed by atoms with Gasteiger partial charge in [-0.1, -0.05) is 6.92 Å². The number of nitrogen functional groups attached to an aromatic ring is 1. The van der Waals surface area contributed by atoms with E-state index in [-0.39, 0.29) is 11.3 Å². The van der Waals surface area contributed by atoms with E-state index in [0.29, 0.717) is 17.8 Å². The normalized spacial score (nSPS) is 18.3. The van der Waals surface area contributed by atoms with Gasteiger partial charge in [-0.05, 0) is 24.3 Å². The highest BCUT2D eigenvalue weighted by Crippen LogP contribution is 2.28. The van der Waals surface area contributed by atoms with Gasteiger partial charge in [-0.25, -0.2) is 0 Å². The first-order valence-corrected chi connectivity index (χ1v) is 6.16. The molecular formula is C13H19N3O2. The largest absolute Gasteiger partial charge is 0.398 e. The van der Waals surface area contributed by atoms with E-state index in [1.807, 2.05) is 0 Å². The van der Waals surface area contributed by atoms with E-state index in [0.717, 1.165) is 26.1 Å². The van der Waals surface area contributed by atoms with E-state index in [9.17, 15) is 4.79 Å². The van der Waals surface area contributed by atoms with Crippen LogP contribution in [0.5, 0.6) is 0 Å². The van der Waals surface area contributed by atoms with Gasteiger partial charge in [0.2, 0.25) is 0 Å². The molecule has 0 atom stereocenters.